The number of ether oxygens (including phenoxy) is 1. The van der Waals surface area contributed by atoms with E-state index in [1.807, 2.05) is 0 Å². The molecule has 0 saturated carbocycles. The van der Waals surface area contributed by atoms with Gasteiger partial charge in [-0.05, 0) is 12.8 Å². The van der Waals surface area contributed by atoms with Gasteiger partial charge in [0.25, 0.3) is 0 Å². The Labute approximate surface area is 111 Å². The summed E-state index contributed by atoms with van der Waals surface area (Å²) in [6, 6.07) is -0.384. The van der Waals surface area contributed by atoms with E-state index in [0.717, 1.165) is 18.1 Å². The molecule has 0 spiro atoms. The Morgan fingerprint density at radius 1 is 1.50 bits per heavy atom. The lowest BCUT2D eigenvalue weighted by molar-refractivity contribution is -0.150. The van der Waals surface area contributed by atoms with Gasteiger partial charge in [0, 0.05) is 6.54 Å². The minimum atomic E-state index is -0.904. The van der Waals surface area contributed by atoms with Gasteiger partial charge in [0.05, 0.1) is 6.10 Å². The van der Waals surface area contributed by atoms with Crippen molar-refractivity contribution in [1.29, 1.82) is 0 Å². The van der Waals surface area contributed by atoms with Gasteiger partial charge in [-0.15, -0.1) is 6.58 Å². The van der Waals surface area contributed by atoms with E-state index in [1.165, 1.54) is 11.8 Å². The third-order valence-corrected chi connectivity index (χ3v) is 4.18. The van der Waals surface area contributed by atoms with Crippen molar-refractivity contribution < 1.29 is 14.9 Å². The summed E-state index contributed by atoms with van der Waals surface area (Å²) < 4.78 is 5.77. The molecule has 0 aromatic rings. The summed E-state index contributed by atoms with van der Waals surface area (Å²) in [4.78, 5) is 4.38. The first-order valence-electron chi connectivity index (χ1n) is 6.28. The maximum Gasteiger partial charge on any atom is 0.159 e. The molecular weight excluding hydrogens is 252 g/mol. The summed E-state index contributed by atoms with van der Waals surface area (Å²) in [5.41, 5.74) is -0.215. The number of fused-ring (bicyclic) bond motifs is 1. The molecule has 5 nitrogen and oxygen atoms in total. The molecule has 0 radical (unpaired) electrons. The van der Waals surface area contributed by atoms with Crippen LogP contribution in [0.5, 0.6) is 0 Å². The van der Waals surface area contributed by atoms with Crippen molar-refractivity contribution in [3.8, 4) is 0 Å². The zero-order valence-corrected chi connectivity index (χ0v) is 11.3. The molecule has 0 amide bonds. The molecule has 0 aliphatic carbocycles. The predicted octanol–water partition coefficient (Wildman–Crippen LogP) is 0.480. The van der Waals surface area contributed by atoms with Crippen molar-refractivity contribution in [3.05, 3.63) is 12.7 Å². The van der Waals surface area contributed by atoms with E-state index in [2.05, 4.69) is 23.8 Å². The average molecular weight is 272 g/mol. The quantitative estimate of drug-likeness (QED) is 0.649. The van der Waals surface area contributed by atoms with E-state index in [4.69, 9.17) is 4.74 Å². The largest absolute Gasteiger partial charge is 0.388 e. The van der Waals surface area contributed by atoms with Gasteiger partial charge in [0.1, 0.15) is 23.7 Å². The van der Waals surface area contributed by atoms with Crippen LogP contribution in [0.2, 0.25) is 0 Å². The molecule has 2 rings (SSSR count). The Morgan fingerprint density at radius 2 is 2.28 bits per heavy atom. The Kier molecular flexibility index (Phi) is 4.66. The summed E-state index contributed by atoms with van der Waals surface area (Å²) in [7, 11) is 0. The lowest BCUT2D eigenvalue weighted by atomic mass is 9.96. The van der Waals surface area contributed by atoms with Crippen LogP contribution in [0.25, 0.3) is 0 Å². The highest BCUT2D eigenvalue weighted by atomic mass is 32.2. The van der Waals surface area contributed by atoms with Gasteiger partial charge in [0.15, 0.2) is 5.17 Å². The zero-order chi connectivity index (χ0) is 13.1. The average Bonchev–Trinajstić information content (AvgIpc) is 2.76. The Bertz CT molecular complexity index is 337. The fourth-order valence-electron chi connectivity index (χ4n) is 2.11. The van der Waals surface area contributed by atoms with E-state index in [-0.39, 0.29) is 11.5 Å². The Hall–Kier alpha value is -0.560. The topological polar surface area (TPSA) is 74.1 Å². The number of thioether (sulfide) groups is 1. The normalized spacial score (nSPS) is 39.1. The summed E-state index contributed by atoms with van der Waals surface area (Å²) >= 11 is 1.48. The number of amidine groups is 1. The molecule has 102 valence electrons. The van der Waals surface area contributed by atoms with E-state index in [9.17, 15) is 10.2 Å². The Morgan fingerprint density at radius 3 is 2.94 bits per heavy atom. The zero-order valence-electron chi connectivity index (χ0n) is 10.5. The number of aliphatic hydroxyl groups excluding tert-OH is 2. The lowest BCUT2D eigenvalue weighted by Crippen LogP contribution is -2.54. The third kappa shape index (κ3) is 2.71. The number of aliphatic hydroxyl groups is 2. The van der Waals surface area contributed by atoms with Crippen molar-refractivity contribution in [2.24, 2.45) is 4.99 Å². The van der Waals surface area contributed by atoms with Crippen LogP contribution in [0.3, 0.4) is 0 Å². The standard InChI is InChI=1S/C12H20N2O3S/c1-3-5-7-9(15)10(16)8-11(17-7)18-12(14-8)13-6-4-2/h3,7-11,15-16H,1,4-6H2,2H3,(H,13,14)/t7-,8-,9-,10-,11-/m1/s1. The van der Waals surface area contributed by atoms with Crippen molar-refractivity contribution in [2.45, 2.75) is 49.6 Å². The monoisotopic (exact) mass is 272 g/mol. The first-order chi connectivity index (χ1) is 8.67. The summed E-state index contributed by atoms with van der Waals surface area (Å²) in [5.74, 6) is 0. The smallest absolute Gasteiger partial charge is 0.159 e. The van der Waals surface area contributed by atoms with Crippen LogP contribution in [0.1, 0.15) is 19.8 Å². The second-order valence-corrected chi connectivity index (χ2v) is 5.60. The van der Waals surface area contributed by atoms with Crippen LogP contribution >= 0.6 is 11.8 Å². The predicted molar refractivity (Wildman–Crippen MR) is 72.6 cm³/mol. The highest BCUT2D eigenvalue weighted by molar-refractivity contribution is 8.14. The van der Waals surface area contributed by atoms with Gasteiger partial charge in [-0.2, -0.15) is 0 Å². The second-order valence-electron chi connectivity index (χ2n) is 4.52. The van der Waals surface area contributed by atoms with E-state index in [0.29, 0.717) is 6.42 Å². The van der Waals surface area contributed by atoms with Crippen molar-refractivity contribution in [1.82, 2.24) is 5.32 Å². The maximum atomic E-state index is 10.1. The first-order valence-corrected chi connectivity index (χ1v) is 7.16. The van der Waals surface area contributed by atoms with Gasteiger partial charge in [0.2, 0.25) is 0 Å². The molecule has 0 aromatic carbocycles. The van der Waals surface area contributed by atoms with Gasteiger partial charge in [-0.25, -0.2) is 0 Å². The Balaban J connectivity index is 2.01. The van der Waals surface area contributed by atoms with E-state index < -0.39 is 18.3 Å². The molecule has 3 N–H and O–H groups in total. The van der Waals surface area contributed by atoms with Crippen LogP contribution < -0.4 is 5.32 Å². The molecule has 5 atom stereocenters. The number of aliphatic imine (C=N–C) groups is 1. The van der Waals surface area contributed by atoms with Crippen LogP contribution in [-0.4, -0.2) is 51.7 Å². The number of hydrogen-bond donors (Lipinski definition) is 3. The maximum absolute atomic E-state index is 10.1. The molecule has 2 aliphatic rings. The SMILES string of the molecule is C=CC[C@H]1O[C@@H]2SC(NCCC)=N[C@@H]2[C@@H](O)[C@@H]1O. The van der Waals surface area contributed by atoms with E-state index >= 15 is 0 Å². The minimum Gasteiger partial charge on any atom is -0.388 e. The summed E-state index contributed by atoms with van der Waals surface area (Å²) in [6.07, 6.45) is 1.06. The molecule has 0 aromatic heterocycles. The van der Waals surface area contributed by atoms with Crippen molar-refractivity contribution >= 4 is 16.9 Å². The van der Waals surface area contributed by atoms with Crippen LogP contribution in [0, 0.1) is 0 Å². The highest BCUT2D eigenvalue weighted by Gasteiger charge is 2.47. The molecule has 0 bridgehead atoms. The van der Waals surface area contributed by atoms with Crippen molar-refractivity contribution in [2.75, 3.05) is 6.54 Å². The van der Waals surface area contributed by atoms with Gasteiger partial charge in [-0.3, -0.25) is 4.99 Å². The lowest BCUT2D eigenvalue weighted by Gasteiger charge is -2.37. The highest BCUT2D eigenvalue weighted by Crippen LogP contribution is 2.36. The molecule has 6 heteroatoms. The molecule has 0 unspecified atom stereocenters. The van der Waals surface area contributed by atoms with Gasteiger partial charge < -0.3 is 20.3 Å². The van der Waals surface area contributed by atoms with Crippen molar-refractivity contribution in [3.63, 3.8) is 0 Å². The molecule has 18 heavy (non-hydrogen) atoms. The minimum absolute atomic E-state index is 0.215. The number of nitrogens with zero attached hydrogens (tertiary/aromatic N) is 1. The third-order valence-electron chi connectivity index (χ3n) is 3.09. The van der Waals surface area contributed by atoms with Crippen LogP contribution in [-0.2, 0) is 4.74 Å². The molecule has 2 aliphatic heterocycles. The number of hydrogen-bond acceptors (Lipinski definition) is 6. The summed E-state index contributed by atoms with van der Waals surface area (Å²) in [5, 5.41) is 24.0. The fraction of sp³-hybridized carbons (Fsp3) is 0.750. The van der Waals surface area contributed by atoms with Crippen LogP contribution in [0.15, 0.2) is 17.6 Å². The molecule has 1 fully saturated rings. The molecule has 1 saturated heterocycles. The fourth-order valence-corrected chi connectivity index (χ4v) is 3.25. The van der Waals surface area contributed by atoms with Crippen LogP contribution in [0.4, 0.5) is 0 Å². The van der Waals surface area contributed by atoms with E-state index in [1.54, 1.807) is 6.08 Å². The van der Waals surface area contributed by atoms with Gasteiger partial charge >= 0.3 is 0 Å². The number of rotatable bonds is 4. The van der Waals surface area contributed by atoms with Gasteiger partial charge in [-0.1, -0.05) is 24.8 Å². The molecule has 2 heterocycles. The number of nitrogens with one attached hydrogen (secondary N) is 1. The molecular formula is C12H20N2O3S. The second kappa shape index (κ2) is 6.06. The first kappa shape index (κ1) is 13.9. The summed E-state index contributed by atoms with van der Waals surface area (Å²) in [6.45, 7) is 6.56.